The van der Waals surface area contributed by atoms with E-state index in [1.807, 2.05) is 30.3 Å². The molecule has 3 rings (SSSR count). The summed E-state index contributed by atoms with van der Waals surface area (Å²) in [5.41, 5.74) is 2.83. The third kappa shape index (κ3) is 1.73. The van der Waals surface area contributed by atoms with Crippen LogP contribution in [0.1, 0.15) is 5.56 Å². The lowest BCUT2D eigenvalue weighted by molar-refractivity contribution is 0.620. The number of benzene rings is 2. The molecular formula is C14H10BrFN2. The molecule has 0 spiro atoms. The van der Waals surface area contributed by atoms with Crippen molar-refractivity contribution in [3.63, 3.8) is 0 Å². The van der Waals surface area contributed by atoms with Gasteiger partial charge in [-0.05, 0) is 36.8 Å². The monoisotopic (exact) mass is 304 g/mol. The Kier molecular flexibility index (Phi) is 2.67. The SMILES string of the molecule is Cc1c(Br)ccc(-c2nc3ccccc3[nH]2)c1F. The molecule has 2 aromatic carbocycles. The van der Waals surface area contributed by atoms with Crippen molar-refractivity contribution >= 4 is 27.0 Å². The normalized spacial score (nSPS) is 11.1. The van der Waals surface area contributed by atoms with Gasteiger partial charge in [0.1, 0.15) is 11.6 Å². The van der Waals surface area contributed by atoms with E-state index in [4.69, 9.17) is 0 Å². The van der Waals surface area contributed by atoms with Gasteiger partial charge in [0.2, 0.25) is 0 Å². The first kappa shape index (κ1) is 11.4. The largest absolute Gasteiger partial charge is 0.338 e. The van der Waals surface area contributed by atoms with E-state index in [0.717, 1.165) is 15.5 Å². The minimum Gasteiger partial charge on any atom is -0.338 e. The molecule has 0 saturated heterocycles. The van der Waals surface area contributed by atoms with Gasteiger partial charge in [0.15, 0.2) is 0 Å². The van der Waals surface area contributed by atoms with Gasteiger partial charge in [-0.2, -0.15) is 0 Å². The first-order valence-corrected chi connectivity index (χ1v) is 6.36. The summed E-state index contributed by atoms with van der Waals surface area (Å²) >= 11 is 3.32. The van der Waals surface area contributed by atoms with Crippen LogP contribution in [0.3, 0.4) is 0 Å². The van der Waals surface area contributed by atoms with Crippen molar-refractivity contribution in [1.82, 2.24) is 9.97 Å². The van der Waals surface area contributed by atoms with Gasteiger partial charge in [0, 0.05) is 4.47 Å². The number of nitrogens with zero attached hydrogens (tertiary/aromatic N) is 1. The molecule has 0 bridgehead atoms. The molecule has 0 aliphatic carbocycles. The van der Waals surface area contributed by atoms with Crippen LogP contribution in [0.2, 0.25) is 0 Å². The maximum absolute atomic E-state index is 14.2. The molecule has 0 fully saturated rings. The van der Waals surface area contributed by atoms with Gasteiger partial charge in [0.05, 0.1) is 16.6 Å². The van der Waals surface area contributed by atoms with Gasteiger partial charge in [-0.25, -0.2) is 9.37 Å². The molecule has 2 nitrogen and oxygen atoms in total. The van der Waals surface area contributed by atoms with Crippen molar-refractivity contribution < 1.29 is 4.39 Å². The zero-order valence-corrected chi connectivity index (χ0v) is 11.3. The maximum atomic E-state index is 14.2. The molecule has 4 heteroatoms. The van der Waals surface area contributed by atoms with E-state index in [0.29, 0.717) is 17.0 Å². The van der Waals surface area contributed by atoms with E-state index in [2.05, 4.69) is 25.9 Å². The lowest BCUT2D eigenvalue weighted by atomic mass is 10.1. The number of hydrogen-bond acceptors (Lipinski definition) is 1. The highest BCUT2D eigenvalue weighted by Gasteiger charge is 2.13. The first-order chi connectivity index (χ1) is 8.66. The summed E-state index contributed by atoms with van der Waals surface area (Å²) in [4.78, 5) is 7.54. The number of nitrogens with one attached hydrogen (secondary N) is 1. The minimum absolute atomic E-state index is 0.247. The van der Waals surface area contributed by atoms with Crippen LogP contribution in [0.15, 0.2) is 40.9 Å². The molecule has 0 atom stereocenters. The molecule has 0 aliphatic heterocycles. The highest BCUT2D eigenvalue weighted by molar-refractivity contribution is 9.10. The van der Waals surface area contributed by atoms with Crippen molar-refractivity contribution in [1.29, 1.82) is 0 Å². The Morgan fingerprint density at radius 3 is 2.72 bits per heavy atom. The molecule has 0 aliphatic rings. The second-order valence-corrected chi connectivity index (χ2v) is 4.99. The molecular weight excluding hydrogens is 295 g/mol. The summed E-state index contributed by atoms with van der Waals surface area (Å²) in [7, 11) is 0. The second-order valence-electron chi connectivity index (χ2n) is 4.14. The van der Waals surface area contributed by atoms with Gasteiger partial charge < -0.3 is 4.98 Å². The predicted octanol–water partition coefficient (Wildman–Crippen LogP) is 4.44. The van der Waals surface area contributed by atoms with Crippen LogP contribution < -0.4 is 0 Å². The maximum Gasteiger partial charge on any atom is 0.141 e. The minimum atomic E-state index is -0.247. The Morgan fingerprint density at radius 2 is 1.94 bits per heavy atom. The summed E-state index contributed by atoms with van der Waals surface area (Å²) in [5, 5.41) is 0. The topological polar surface area (TPSA) is 28.7 Å². The van der Waals surface area contributed by atoms with Crippen LogP contribution in [0.4, 0.5) is 4.39 Å². The average molecular weight is 305 g/mol. The van der Waals surface area contributed by atoms with E-state index in [-0.39, 0.29) is 5.82 Å². The third-order valence-electron chi connectivity index (χ3n) is 2.96. The van der Waals surface area contributed by atoms with E-state index in [1.165, 1.54) is 0 Å². The Balaban J connectivity index is 2.23. The molecule has 18 heavy (non-hydrogen) atoms. The van der Waals surface area contributed by atoms with Crippen molar-refractivity contribution in [2.24, 2.45) is 0 Å². The fourth-order valence-electron chi connectivity index (χ4n) is 1.92. The smallest absolute Gasteiger partial charge is 0.141 e. The second kappa shape index (κ2) is 4.21. The standard InChI is InChI=1S/C14H10BrFN2/c1-8-10(15)7-6-9(13(8)16)14-17-11-4-2-3-5-12(11)18-14/h2-7H,1H3,(H,17,18). The lowest BCUT2D eigenvalue weighted by Crippen LogP contribution is -1.91. The predicted molar refractivity (Wildman–Crippen MR) is 73.9 cm³/mol. The van der Waals surface area contributed by atoms with Crippen molar-refractivity contribution in [3.05, 3.63) is 52.3 Å². The van der Waals surface area contributed by atoms with Crippen molar-refractivity contribution in [2.75, 3.05) is 0 Å². The first-order valence-electron chi connectivity index (χ1n) is 5.56. The molecule has 90 valence electrons. The van der Waals surface area contributed by atoms with E-state index < -0.39 is 0 Å². The number of fused-ring (bicyclic) bond motifs is 1. The number of halogens is 2. The molecule has 1 aromatic heterocycles. The van der Waals surface area contributed by atoms with Crippen molar-refractivity contribution in [3.8, 4) is 11.4 Å². The fourth-order valence-corrected chi connectivity index (χ4v) is 2.23. The lowest BCUT2D eigenvalue weighted by Gasteiger charge is -2.04. The fraction of sp³-hybridized carbons (Fsp3) is 0.0714. The highest BCUT2D eigenvalue weighted by Crippen LogP contribution is 2.28. The number of aromatic nitrogens is 2. The van der Waals surface area contributed by atoms with Gasteiger partial charge >= 0.3 is 0 Å². The molecule has 1 heterocycles. The number of rotatable bonds is 1. The van der Waals surface area contributed by atoms with Crippen molar-refractivity contribution in [2.45, 2.75) is 6.92 Å². The summed E-state index contributed by atoms with van der Waals surface area (Å²) in [5.74, 6) is 0.313. The Labute approximate surface area is 112 Å². The van der Waals surface area contributed by atoms with Gasteiger partial charge in [-0.15, -0.1) is 0 Å². The average Bonchev–Trinajstić information content (AvgIpc) is 2.79. The van der Waals surface area contributed by atoms with Crippen LogP contribution in [-0.4, -0.2) is 9.97 Å². The molecule has 0 saturated carbocycles. The highest BCUT2D eigenvalue weighted by atomic mass is 79.9. The van der Waals surface area contributed by atoms with Crippen LogP contribution >= 0.6 is 15.9 Å². The zero-order valence-electron chi connectivity index (χ0n) is 9.67. The van der Waals surface area contributed by atoms with Crippen LogP contribution in [0.25, 0.3) is 22.4 Å². The Bertz CT molecular complexity index is 701. The molecule has 0 unspecified atom stereocenters. The van der Waals surface area contributed by atoms with Gasteiger partial charge in [-0.3, -0.25) is 0 Å². The molecule has 0 radical (unpaired) electrons. The molecule has 3 aromatic rings. The summed E-state index contributed by atoms with van der Waals surface area (Å²) < 4.78 is 15.0. The number of imidazole rings is 1. The quantitative estimate of drug-likeness (QED) is 0.707. The zero-order chi connectivity index (χ0) is 12.7. The van der Waals surface area contributed by atoms with Gasteiger partial charge in [0.25, 0.3) is 0 Å². The van der Waals surface area contributed by atoms with E-state index >= 15 is 0 Å². The number of hydrogen-bond donors (Lipinski definition) is 1. The van der Waals surface area contributed by atoms with Crippen LogP contribution in [-0.2, 0) is 0 Å². The van der Waals surface area contributed by atoms with E-state index in [9.17, 15) is 4.39 Å². The van der Waals surface area contributed by atoms with Crippen LogP contribution in [0.5, 0.6) is 0 Å². The number of aromatic amines is 1. The summed E-state index contributed by atoms with van der Waals surface area (Å²) in [6.45, 7) is 1.74. The Hall–Kier alpha value is -1.68. The van der Waals surface area contributed by atoms with E-state index in [1.54, 1.807) is 13.0 Å². The van der Waals surface area contributed by atoms with Gasteiger partial charge in [-0.1, -0.05) is 28.1 Å². The Morgan fingerprint density at radius 1 is 1.17 bits per heavy atom. The third-order valence-corrected chi connectivity index (χ3v) is 3.82. The molecule has 0 amide bonds. The summed E-state index contributed by atoms with van der Waals surface area (Å²) in [6, 6.07) is 11.2. The number of para-hydroxylation sites is 2. The van der Waals surface area contributed by atoms with Crippen LogP contribution in [0, 0.1) is 12.7 Å². The number of H-pyrrole nitrogens is 1. The summed E-state index contributed by atoms with van der Waals surface area (Å²) in [6.07, 6.45) is 0. The molecule has 1 N–H and O–H groups in total.